The highest BCUT2D eigenvalue weighted by Crippen LogP contribution is 2.13. The second kappa shape index (κ2) is 4.47. The summed E-state index contributed by atoms with van der Waals surface area (Å²) in [5, 5.41) is 12.0. The molecule has 1 aromatic heterocycles. The van der Waals surface area contributed by atoms with Gasteiger partial charge in [0, 0.05) is 18.0 Å². The van der Waals surface area contributed by atoms with E-state index >= 15 is 0 Å². The Morgan fingerprint density at radius 1 is 1.44 bits per heavy atom. The predicted octanol–water partition coefficient (Wildman–Crippen LogP) is 1.95. The molecule has 5 nitrogen and oxygen atoms in total. The zero-order valence-corrected chi connectivity index (χ0v) is 10.0. The van der Waals surface area contributed by atoms with Crippen molar-refractivity contribution in [3.8, 4) is 0 Å². The van der Waals surface area contributed by atoms with Crippen LogP contribution in [0.3, 0.4) is 0 Å². The maximum Gasteiger partial charge on any atom is 0.354 e. The molecule has 1 heterocycles. The Kier molecular flexibility index (Phi) is 3.47. The van der Waals surface area contributed by atoms with E-state index in [4.69, 9.17) is 5.11 Å². The summed E-state index contributed by atoms with van der Waals surface area (Å²) in [5.41, 5.74) is -0.131. The number of carboxylic acids is 1. The molecule has 0 saturated carbocycles. The van der Waals surface area contributed by atoms with Gasteiger partial charge in [0.05, 0.1) is 0 Å². The third kappa shape index (κ3) is 3.49. The molecule has 5 heteroatoms. The van der Waals surface area contributed by atoms with Gasteiger partial charge in [-0.1, -0.05) is 6.92 Å². The zero-order valence-electron chi connectivity index (χ0n) is 10.0. The number of carboxylic acid groups (broad SMARTS) is 1. The van der Waals surface area contributed by atoms with Crippen LogP contribution in [0, 0.1) is 0 Å². The van der Waals surface area contributed by atoms with Crippen LogP contribution in [-0.2, 0) is 6.42 Å². The molecule has 0 aliphatic carbocycles. The van der Waals surface area contributed by atoms with Crippen molar-refractivity contribution in [1.82, 2.24) is 9.97 Å². The minimum absolute atomic E-state index is 0.0265. The van der Waals surface area contributed by atoms with E-state index in [1.807, 2.05) is 27.7 Å². The number of aromatic nitrogens is 2. The van der Waals surface area contributed by atoms with Gasteiger partial charge in [0.15, 0.2) is 5.69 Å². The SMILES string of the molecule is CCc1nc(NC(C)(C)C)cc(C(=O)O)n1. The zero-order chi connectivity index (χ0) is 12.3. The smallest absolute Gasteiger partial charge is 0.354 e. The van der Waals surface area contributed by atoms with E-state index in [0.29, 0.717) is 18.1 Å². The third-order valence-electron chi connectivity index (χ3n) is 1.81. The monoisotopic (exact) mass is 223 g/mol. The average Bonchev–Trinajstić information content (AvgIpc) is 2.14. The van der Waals surface area contributed by atoms with Crippen LogP contribution in [0.4, 0.5) is 5.82 Å². The van der Waals surface area contributed by atoms with Gasteiger partial charge in [0.1, 0.15) is 11.6 Å². The molecule has 0 unspecified atom stereocenters. The second-order valence-corrected chi connectivity index (χ2v) is 4.59. The fraction of sp³-hybridized carbons (Fsp3) is 0.545. The number of nitrogens with one attached hydrogen (secondary N) is 1. The van der Waals surface area contributed by atoms with E-state index in [2.05, 4.69) is 15.3 Å². The highest BCUT2D eigenvalue weighted by atomic mass is 16.4. The van der Waals surface area contributed by atoms with E-state index < -0.39 is 5.97 Å². The molecule has 16 heavy (non-hydrogen) atoms. The van der Waals surface area contributed by atoms with Crippen molar-refractivity contribution >= 4 is 11.8 Å². The first-order valence-electron chi connectivity index (χ1n) is 5.21. The van der Waals surface area contributed by atoms with Gasteiger partial charge in [-0.05, 0) is 20.8 Å². The molecule has 2 N–H and O–H groups in total. The van der Waals surface area contributed by atoms with Crippen LogP contribution < -0.4 is 5.32 Å². The molecular weight excluding hydrogens is 206 g/mol. The molecule has 88 valence electrons. The Hall–Kier alpha value is -1.65. The van der Waals surface area contributed by atoms with E-state index in [1.165, 1.54) is 6.07 Å². The van der Waals surface area contributed by atoms with Crippen molar-refractivity contribution in [2.45, 2.75) is 39.7 Å². The van der Waals surface area contributed by atoms with Gasteiger partial charge < -0.3 is 10.4 Å². The summed E-state index contributed by atoms with van der Waals surface area (Å²) in [7, 11) is 0. The summed E-state index contributed by atoms with van der Waals surface area (Å²) < 4.78 is 0. The maximum absolute atomic E-state index is 10.9. The Balaban J connectivity index is 3.09. The average molecular weight is 223 g/mol. The minimum Gasteiger partial charge on any atom is -0.477 e. The van der Waals surface area contributed by atoms with Crippen LogP contribution in [0.25, 0.3) is 0 Å². The molecule has 0 aliphatic heterocycles. The number of aryl methyl sites for hydroxylation is 1. The third-order valence-corrected chi connectivity index (χ3v) is 1.81. The summed E-state index contributed by atoms with van der Waals surface area (Å²) in [4.78, 5) is 19.0. The van der Waals surface area contributed by atoms with Crippen LogP contribution in [0.15, 0.2) is 6.07 Å². The van der Waals surface area contributed by atoms with Gasteiger partial charge in [-0.25, -0.2) is 14.8 Å². The van der Waals surface area contributed by atoms with Crippen molar-refractivity contribution in [2.24, 2.45) is 0 Å². The van der Waals surface area contributed by atoms with Gasteiger partial charge in [-0.2, -0.15) is 0 Å². The summed E-state index contributed by atoms with van der Waals surface area (Å²) in [6, 6.07) is 1.45. The molecule has 0 saturated heterocycles. The number of hydrogen-bond acceptors (Lipinski definition) is 4. The summed E-state index contributed by atoms with van der Waals surface area (Å²) in [5.74, 6) is 0.0532. The fourth-order valence-corrected chi connectivity index (χ4v) is 1.21. The van der Waals surface area contributed by atoms with Gasteiger partial charge in [0.25, 0.3) is 0 Å². The van der Waals surface area contributed by atoms with Crippen molar-refractivity contribution in [1.29, 1.82) is 0 Å². The van der Waals surface area contributed by atoms with Gasteiger partial charge >= 0.3 is 5.97 Å². The van der Waals surface area contributed by atoms with Crippen molar-refractivity contribution in [3.05, 3.63) is 17.6 Å². The maximum atomic E-state index is 10.9. The molecule has 0 bridgehead atoms. The molecule has 1 rings (SSSR count). The topological polar surface area (TPSA) is 75.1 Å². The minimum atomic E-state index is -1.03. The number of aromatic carboxylic acids is 1. The lowest BCUT2D eigenvalue weighted by molar-refractivity contribution is 0.0690. The molecule has 1 aromatic rings. The number of rotatable bonds is 3. The highest BCUT2D eigenvalue weighted by molar-refractivity contribution is 5.86. The molecule has 0 aliphatic rings. The normalized spacial score (nSPS) is 11.2. The molecule has 0 fully saturated rings. The van der Waals surface area contributed by atoms with Crippen molar-refractivity contribution in [2.75, 3.05) is 5.32 Å². The van der Waals surface area contributed by atoms with E-state index in [0.717, 1.165) is 0 Å². The molecule has 0 aromatic carbocycles. The predicted molar refractivity (Wildman–Crippen MR) is 61.7 cm³/mol. The van der Waals surface area contributed by atoms with Crippen LogP contribution in [0.2, 0.25) is 0 Å². The Bertz CT molecular complexity index is 397. The lowest BCUT2D eigenvalue weighted by Gasteiger charge is -2.21. The Morgan fingerprint density at radius 3 is 2.50 bits per heavy atom. The second-order valence-electron chi connectivity index (χ2n) is 4.59. The quantitative estimate of drug-likeness (QED) is 0.819. The van der Waals surface area contributed by atoms with Gasteiger partial charge in [-0.3, -0.25) is 0 Å². The fourth-order valence-electron chi connectivity index (χ4n) is 1.21. The molecule has 0 radical (unpaired) electrons. The van der Waals surface area contributed by atoms with Crippen molar-refractivity contribution < 1.29 is 9.90 Å². The lowest BCUT2D eigenvalue weighted by Crippen LogP contribution is -2.27. The van der Waals surface area contributed by atoms with E-state index in [9.17, 15) is 4.79 Å². The van der Waals surface area contributed by atoms with Crippen LogP contribution in [0.1, 0.15) is 44.0 Å². The largest absolute Gasteiger partial charge is 0.477 e. The number of hydrogen-bond donors (Lipinski definition) is 2. The highest BCUT2D eigenvalue weighted by Gasteiger charge is 2.14. The Morgan fingerprint density at radius 2 is 2.06 bits per heavy atom. The molecular formula is C11H17N3O2. The molecule has 0 atom stereocenters. The van der Waals surface area contributed by atoms with Crippen LogP contribution in [-0.4, -0.2) is 26.6 Å². The first kappa shape index (κ1) is 12.4. The van der Waals surface area contributed by atoms with E-state index in [-0.39, 0.29) is 11.2 Å². The number of nitrogens with zero attached hydrogens (tertiary/aromatic N) is 2. The standard InChI is InChI=1S/C11H17N3O2/c1-5-8-12-7(10(15)16)6-9(13-8)14-11(2,3)4/h6H,5H2,1-4H3,(H,15,16)(H,12,13,14). The first-order chi connectivity index (χ1) is 7.31. The number of carbonyl (C=O) groups is 1. The van der Waals surface area contributed by atoms with E-state index in [1.54, 1.807) is 0 Å². The lowest BCUT2D eigenvalue weighted by atomic mass is 10.1. The van der Waals surface area contributed by atoms with Crippen LogP contribution >= 0.6 is 0 Å². The van der Waals surface area contributed by atoms with Gasteiger partial charge in [0.2, 0.25) is 0 Å². The van der Waals surface area contributed by atoms with Crippen LogP contribution in [0.5, 0.6) is 0 Å². The summed E-state index contributed by atoms with van der Waals surface area (Å²) in [6.45, 7) is 7.85. The number of anilines is 1. The van der Waals surface area contributed by atoms with Gasteiger partial charge in [-0.15, -0.1) is 0 Å². The summed E-state index contributed by atoms with van der Waals surface area (Å²) >= 11 is 0. The molecule has 0 amide bonds. The first-order valence-corrected chi connectivity index (χ1v) is 5.21. The Labute approximate surface area is 94.9 Å². The molecule has 0 spiro atoms. The van der Waals surface area contributed by atoms with Crippen molar-refractivity contribution in [3.63, 3.8) is 0 Å². The summed E-state index contributed by atoms with van der Waals surface area (Å²) in [6.07, 6.45) is 0.611.